The number of fused-ring (bicyclic) bond motifs is 1. The lowest BCUT2D eigenvalue weighted by atomic mass is 9.95. The van der Waals surface area contributed by atoms with Crippen molar-refractivity contribution in [1.29, 1.82) is 0 Å². The molecule has 0 aromatic heterocycles. The van der Waals surface area contributed by atoms with E-state index in [0.717, 1.165) is 13.0 Å². The molecule has 1 aliphatic rings. The van der Waals surface area contributed by atoms with Crippen molar-refractivity contribution in [1.82, 2.24) is 10.6 Å². The number of hydrogen-bond acceptors (Lipinski definition) is 2. The van der Waals surface area contributed by atoms with Crippen molar-refractivity contribution in [2.45, 2.75) is 32.5 Å². The molecule has 0 aliphatic carbocycles. The zero-order valence-corrected chi connectivity index (χ0v) is 12.2. The molecule has 0 radical (unpaired) electrons. The van der Waals surface area contributed by atoms with Crippen molar-refractivity contribution < 1.29 is 4.79 Å². The van der Waals surface area contributed by atoms with Gasteiger partial charge in [-0.1, -0.05) is 48.5 Å². The Labute approximate surface area is 125 Å². The highest BCUT2D eigenvalue weighted by Gasteiger charge is 2.23. The van der Waals surface area contributed by atoms with E-state index in [1.54, 1.807) is 0 Å². The van der Waals surface area contributed by atoms with Gasteiger partial charge in [-0.3, -0.25) is 4.79 Å². The summed E-state index contributed by atoms with van der Waals surface area (Å²) in [5, 5.41) is 6.35. The summed E-state index contributed by atoms with van der Waals surface area (Å²) in [6, 6.07) is 16.3. The molecule has 1 heterocycles. The van der Waals surface area contributed by atoms with Crippen molar-refractivity contribution in [2.24, 2.45) is 0 Å². The molecule has 0 bridgehead atoms. The predicted molar refractivity (Wildman–Crippen MR) is 83.8 cm³/mol. The normalized spacial score (nSPS) is 17.1. The summed E-state index contributed by atoms with van der Waals surface area (Å²) < 4.78 is 0. The Morgan fingerprint density at radius 1 is 1.14 bits per heavy atom. The van der Waals surface area contributed by atoms with Crippen LogP contribution in [0.1, 0.15) is 22.3 Å². The third-order valence-corrected chi connectivity index (χ3v) is 4.11. The van der Waals surface area contributed by atoms with Gasteiger partial charge in [-0.25, -0.2) is 0 Å². The number of carbonyl (C=O) groups is 1. The Kier molecular flexibility index (Phi) is 4.02. The zero-order valence-electron chi connectivity index (χ0n) is 12.2. The van der Waals surface area contributed by atoms with Crippen molar-refractivity contribution in [3.8, 4) is 0 Å². The van der Waals surface area contributed by atoms with E-state index >= 15 is 0 Å². The molecule has 3 rings (SSSR count). The van der Waals surface area contributed by atoms with Crippen LogP contribution in [0.5, 0.6) is 0 Å². The number of hydrogen-bond donors (Lipinski definition) is 2. The van der Waals surface area contributed by atoms with E-state index in [9.17, 15) is 4.79 Å². The van der Waals surface area contributed by atoms with Crippen LogP contribution in [0.25, 0.3) is 0 Å². The van der Waals surface area contributed by atoms with E-state index in [1.807, 2.05) is 24.3 Å². The highest BCUT2D eigenvalue weighted by molar-refractivity contribution is 5.82. The monoisotopic (exact) mass is 280 g/mol. The van der Waals surface area contributed by atoms with Crippen LogP contribution in [0.15, 0.2) is 48.5 Å². The molecule has 2 aromatic rings. The average Bonchev–Trinajstić information content (AvgIpc) is 2.53. The summed E-state index contributed by atoms with van der Waals surface area (Å²) in [5.41, 5.74) is 4.94. The van der Waals surface area contributed by atoms with E-state index in [1.165, 1.54) is 22.3 Å². The van der Waals surface area contributed by atoms with Gasteiger partial charge in [0, 0.05) is 13.1 Å². The molecule has 0 saturated carbocycles. The van der Waals surface area contributed by atoms with Gasteiger partial charge in [0.15, 0.2) is 0 Å². The number of amides is 1. The van der Waals surface area contributed by atoms with E-state index in [0.29, 0.717) is 6.54 Å². The first kappa shape index (κ1) is 13.8. The maximum absolute atomic E-state index is 12.3. The van der Waals surface area contributed by atoms with Crippen molar-refractivity contribution in [2.75, 3.05) is 0 Å². The standard InChI is InChI=1S/C18H20N2O/c1-13-6-2-3-8-15(13)11-20-18(21)17-10-14-7-4-5-9-16(14)12-19-17/h2-9,17,19H,10-12H2,1H3,(H,20,21). The van der Waals surface area contributed by atoms with Crippen molar-refractivity contribution in [3.05, 3.63) is 70.8 Å². The lowest BCUT2D eigenvalue weighted by Gasteiger charge is -2.25. The van der Waals surface area contributed by atoms with E-state index in [4.69, 9.17) is 0 Å². The van der Waals surface area contributed by atoms with Gasteiger partial charge in [0.2, 0.25) is 5.91 Å². The lowest BCUT2D eigenvalue weighted by Crippen LogP contribution is -2.47. The van der Waals surface area contributed by atoms with Crippen molar-refractivity contribution in [3.63, 3.8) is 0 Å². The van der Waals surface area contributed by atoms with Crippen LogP contribution in [0.4, 0.5) is 0 Å². The molecule has 0 saturated heterocycles. The van der Waals surface area contributed by atoms with Gasteiger partial charge in [0.1, 0.15) is 0 Å². The maximum atomic E-state index is 12.3. The molecule has 3 nitrogen and oxygen atoms in total. The quantitative estimate of drug-likeness (QED) is 0.906. The number of rotatable bonds is 3. The van der Waals surface area contributed by atoms with Crippen LogP contribution in [0, 0.1) is 6.92 Å². The minimum atomic E-state index is -0.135. The van der Waals surface area contributed by atoms with Gasteiger partial charge < -0.3 is 10.6 Å². The van der Waals surface area contributed by atoms with Crippen LogP contribution in [0.2, 0.25) is 0 Å². The summed E-state index contributed by atoms with van der Waals surface area (Å²) in [7, 11) is 0. The van der Waals surface area contributed by atoms with Crippen LogP contribution in [-0.2, 0) is 24.3 Å². The summed E-state index contributed by atoms with van der Waals surface area (Å²) >= 11 is 0. The molecule has 1 atom stereocenters. The fraction of sp³-hybridized carbons (Fsp3) is 0.278. The topological polar surface area (TPSA) is 41.1 Å². The Hall–Kier alpha value is -2.13. The third kappa shape index (κ3) is 3.14. The van der Waals surface area contributed by atoms with Crippen molar-refractivity contribution >= 4 is 5.91 Å². The van der Waals surface area contributed by atoms with Gasteiger partial charge >= 0.3 is 0 Å². The second-order valence-corrected chi connectivity index (χ2v) is 5.55. The van der Waals surface area contributed by atoms with E-state index < -0.39 is 0 Å². The van der Waals surface area contributed by atoms with Gasteiger partial charge in [-0.15, -0.1) is 0 Å². The number of nitrogens with one attached hydrogen (secondary N) is 2. The Morgan fingerprint density at radius 2 is 1.86 bits per heavy atom. The fourth-order valence-electron chi connectivity index (χ4n) is 2.75. The molecule has 1 amide bonds. The van der Waals surface area contributed by atoms with Gasteiger partial charge in [0.25, 0.3) is 0 Å². The minimum Gasteiger partial charge on any atom is -0.351 e. The zero-order chi connectivity index (χ0) is 14.7. The van der Waals surface area contributed by atoms with Crippen LogP contribution in [-0.4, -0.2) is 11.9 Å². The molecule has 2 N–H and O–H groups in total. The largest absolute Gasteiger partial charge is 0.351 e. The lowest BCUT2D eigenvalue weighted by molar-refractivity contribution is -0.123. The second-order valence-electron chi connectivity index (χ2n) is 5.55. The predicted octanol–water partition coefficient (Wildman–Crippen LogP) is 2.33. The molecule has 0 fully saturated rings. The van der Waals surface area contributed by atoms with Crippen LogP contribution >= 0.6 is 0 Å². The Bertz CT molecular complexity index is 651. The summed E-state index contributed by atoms with van der Waals surface area (Å²) in [6.45, 7) is 3.42. The average molecular weight is 280 g/mol. The maximum Gasteiger partial charge on any atom is 0.237 e. The Balaban J connectivity index is 1.61. The number of carbonyl (C=O) groups excluding carboxylic acids is 1. The molecule has 1 aliphatic heterocycles. The summed E-state index contributed by atoms with van der Waals surface area (Å²) in [5.74, 6) is 0.0766. The first-order chi connectivity index (χ1) is 10.2. The molecular weight excluding hydrogens is 260 g/mol. The van der Waals surface area contributed by atoms with Crippen LogP contribution < -0.4 is 10.6 Å². The number of aryl methyl sites for hydroxylation is 1. The Morgan fingerprint density at radius 3 is 2.67 bits per heavy atom. The summed E-state index contributed by atoms with van der Waals surface area (Å²) in [4.78, 5) is 12.3. The first-order valence-corrected chi connectivity index (χ1v) is 7.36. The number of benzene rings is 2. The molecule has 0 spiro atoms. The minimum absolute atomic E-state index is 0.0766. The van der Waals surface area contributed by atoms with E-state index in [-0.39, 0.29) is 11.9 Å². The third-order valence-electron chi connectivity index (χ3n) is 4.11. The molecular formula is C18H20N2O. The smallest absolute Gasteiger partial charge is 0.237 e. The second kappa shape index (κ2) is 6.10. The van der Waals surface area contributed by atoms with E-state index in [2.05, 4.69) is 41.8 Å². The van der Waals surface area contributed by atoms with Crippen LogP contribution in [0.3, 0.4) is 0 Å². The molecule has 3 heteroatoms. The SMILES string of the molecule is Cc1ccccc1CNC(=O)C1Cc2ccccc2CN1. The fourth-order valence-corrected chi connectivity index (χ4v) is 2.75. The van der Waals surface area contributed by atoms with Gasteiger partial charge in [-0.2, -0.15) is 0 Å². The highest BCUT2D eigenvalue weighted by Crippen LogP contribution is 2.16. The first-order valence-electron chi connectivity index (χ1n) is 7.36. The molecule has 1 unspecified atom stereocenters. The molecule has 21 heavy (non-hydrogen) atoms. The highest BCUT2D eigenvalue weighted by atomic mass is 16.2. The van der Waals surface area contributed by atoms with Gasteiger partial charge in [-0.05, 0) is 35.6 Å². The van der Waals surface area contributed by atoms with Gasteiger partial charge in [0.05, 0.1) is 6.04 Å². The molecule has 2 aromatic carbocycles. The summed E-state index contributed by atoms with van der Waals surface area (Å²) in [6.07, 6.45) is 0.760. The molecule has 108 valence electrons.